The van der Waals surface area contributed by atoms with Crippen LogP contribution < -0.4 is 11.1 Å². The van der Waals surface area contributed by atoms with E-state index in [-0.39, 0.29) is 5.95 Å². The molecule has 3 aromatic rings. The number of anilines is 3. The van der Waals surface area contributed by atoms with E-state index in [9.17, 15) is 0 Å². The first-order valence-corrected chi connectivity index (χ1v) is 6.95. The van der Waals surface area contributed by atoms with Crippen LogP contribution >= 0.6 is 15.9 Å². The summed E-state index contributed by atoms with van der Waals surface area (Å²) >= 11 is 3.45. The monoisotopic (exact) mass is 345 g/mol. The number of nitrogens with one attached hydrogen (secondary N) is 1. The molecular weight excluding hydrogens is 334 g/mol. The van der Waals surface area contributed by atoms with Crippen molar-refractivity contribution in [1.29, 1.82) is 0 Å². The smallest absolute Gasteiger partial charge is 0.257 e. The Kier molecular flexibility index (Phi) is 3.53. The average molecular weight is 346 g/mol. The Bertz CT molecular complexity index is 750. The van der Waals surface area contributed by atoms with Crippen LogP contribution in [0, 0.1) is 6.92 Å². The summed E-state index contributed by atoms with van der Waals surface area (Å²) in [4.78, 5) is 12.4. The maximum atomic E-state index is 5.73. The Morgan fingerprint density at radius 2 is 2.05 bits per heavy atom. The molecule has 21 heavy (non-hydrogen) atoms. The van der Waals surface area contributed by atoms with Gasteiger partial charge in [0.2, 0.25) is 11.9 Å². The summed E-state index contributed by atoms with van der Waals surface area (Å²) in [6, 6.07) is 7.71. The molecule has 0 radical (unpaired) electrons. The number of benzene rings is 1. The molecule has 0 saturated carbocycles. The molecule has 7 nitrogen and oxygen atoms in total. The summed E-state index contributed by atoms with van der Waals surface area (Å²) in [6.07, 6.45) is 3.38. The number of aryl methyl sites for hydroxylation is 1. The molecule has 0 fully saturated rings. The highest BCUT2D eigenvalue weighted by atomic mass is 79.9. The van der Waals surface area contributed by atoms with Crippen LogP contribution in [0.2, 0.25) is 0 Å². The van der Waals surface area contributed by atoms with Crippen molar-refractivity contribution in [2.75, 3.05) is 11.1 Å². The van der Waals surface area contributed by atoms with Crippen molar-refractivity contribution in [3.05, 3.63) is 46.7 Å². The minimum Gasteiger partial charge on any atom is -0.368 e. The molecular formula is C13H12BrN7. The quantitative estimate of drug-likeness (QED) is 0.757. The van der Waals surface area contributed by atoms with Gasteiger partial charge in [0, 0.05) is 22.6 Å². The predicted molar refractivity (Wildman–Crippen MR) is 83.5 cm³/mol. The van der Waals surface area contributed by atoms with E-state index >= 15 is 0 Å². The zero-order chi connectivity index (χ0) is 14.8. The summed E-state index contributed by atoms with van der Waals surface area (Å²) in [7, 11) is 0. The van der Waals surface area contributed by atoms with Gasteiger partial charge in [0.15, 0.2) is 0 Å². The molecule has 0 saturated heterocycles. The molecule has 0 bridgehead atoms. The zero-order valence-corrected chi connectivity index (χ0v) is 12.7. The van der Waals surface area contributed by atoms with Gasteiger partial charge < -0.3 is 11.1 Å². The van der Waals surface area contributed by atoms with E-state index in [1.165, 1.54) is 4.68 Å². The molecule has 2 heterocycles. The Balaban J connectivity index is 1.95. The molecule has 0 aliphatic carbocycles. The van der Waals surface area contributed by atoms with Crippen LogP contribution in [0.5, 0.6) is 0 Å². The van der Waals surface area contributed by atoms with Crippen molar-refractivity contribution in [2.24, 2.45) is 0 Å². The molecule has 3 N–H and O–H groups in total. The van der Waals surface area contributed by atoms with Gasteiger partial charge in [-0.1, -0.05) is 15.9 Å². The van der Waals surface area contributed by atoms with Gasteiger partial charge in [0.05, 0.1) is 0 Å². The molecule has 106 valence electrons. The largest absolute Gasteiger partial charge is 0.368 e. The fraction of sp³-hybridized carbons (Fsp3) is 0.0769. The normalized spacial score (nSPS) is 10.6. The molecule has 3 rings (SSSR count). The van der Waals surface area contributed by atoms with Crippen LogP contribution in [0.15, 0.2) is 41.1 Å². The number of hydrogen-bond donors (Lipinski definition) is 2. The highest BCUT2D eigenvalue weighted by Crippen LogP contribution is 2.21. The highest BCUT2D eigenvalue weighted by Gasteiger charge is 2.07. The van der Waals surface area contributed by atoms with Crippen molar-refractivity contribution in [1.82, 2.24) is 24.7 Å². The topological polar surface area (TPSA) is 94.5 Å². The predicted octanol–water partition coefficient (Wildman–Crippen LogP) is 2.45. The number of hydrogen-bond acceptors (Lipinski definition) is 6. The van der Waals surface area contributed by atoms with Crippen molar-refractivity contribution in [3.63, 3.8) is 0 Å². The van der Waals surface area contributed by atoms with E-state index in [0.717, 1.165) is 15.7 Å². The first kappa shape index (κ1) is 13.5. The molecule has 0 amide bonds. The summed E-state index contributed by atoms with van der Waals surface area (Å²) in [5.41, 5.74) is 7.70. The van der Waals surface area contributed by atoms with Crippen molar-refractivity contribution < 1.29 is 0 Å². The van der Waals surface area contributed by atoms with Gasteiger partial charge in [-0.15, -0.1) is 0 Å². The third-order valence-electron chi connectivity index (χ3n) is 2.65. The maximum Gasteiger partial charge on any atom is 0.257 e. The van der Waals surface area contributed by atoms with Crippen molar-refractivity contribution in [2.45, 2.75) is 6.92 Å². The van der Waals surface area contributed by atoms with E-state index in [0.29, 0.717) is 11.9 Å². The van der Waals surface area contributed by atoms with E-state index in [2.05, 4.69) is 41.3 Å². The number of nitrogen functional groups attached to an aromatic ring is 1. The Morgan fingerprint density at radius 3 is 2.76 bits per heavy atom. The highest BCUT2D eigenvalue weighted by molar-refractivity contribution is 9.10. The Morgan fingerprint density at radius 1 is 1.19 bits per heavy atom. The number of rotatable bonds is 3. The molecule has 1 aromatic carbocycles. The minimum atomic E-state index is 0.129. The molecule has 8 heteroatoms. The van der Waals surface area contributed by atoms with Crippen LogP contribution in [0.25, 0.3) is 5.95 Å². The number of halogens is 1. The van der Waals surface area contributed by atoms with Gasteiger partial charge in [0.1, 0.15) is 0 Å². The third-order valence-corrected chi connectivity index (χ3v) is 3.11. The molecule has 0 aliphatic rings. The van der Waals surface area contributed by atoms with Crippen molar-refractivity contribution in [3.8, 4) is 5.95 Å². The zero-order valence-electron chi connectivity index (χ0n) is 11.2. The third kappa shape index (κ3) is 3.16. The van der Waals surface area contributed by atoms with Crippen LogP contribution in [0.1, 0.15) is 5.56 Å². The van der Waals surface area contributed by atoms with Crippen LogP contribution in [-0.2, 0) is 0 Å². The van der Waals surface area contributed by atoms with Crippen LogP contribution in [0.4, 0.5) is 17.6 Å². The lowest BCUT2D eigenvalue weighted by Gasteiger charge is -2.08. The lowest BCUT2D eigenvalue weighted by molar-refractivity contribution is 0.801. The first-order chi connectivity index (χ1) is 10.1. The maximum absolute atomic E-state index is 5.73. The Hall–Kier alpha value is -2.48. The second-order valence-electron chi connectivity index (χ2n) is 4.41. The standard InChI is InChI=1S/C13H12BrN7/c1-8-5-9(14)7-10(6-8)17-12-18-11(15)19-13(20-12)21-4-2-3-16-21/h2-7H,1H3,(H3,15,17,18,19,20). The van der Waals surface area contributed by atoms with Crippen molar-refractivity contribution >= 4 is 33.5 Å². The van der Waals surface area contributed by atoms with Gasteiger partial charge in [-0.3, -0.25) is 0 Å². The van der Waals surface area contributed by atoms with Gasteiger partial charge in [0.25, 0.3) is 5.95 Å². The Labute approximate surface area is 129 Å². The minimum absolute atomic E-state index is 0.129. The SMILES string of the molecule is Cc1cc(Br)cc(Nc2nc(N)nc(-n3cccn3)n2)c1. The summed E-state index contributed by atoms with van der Waals surface area (Å²) in [5.74, 6) is 0.858. The van der Waals surface area contributed by atoms with E-state index in [1.807, 2.05) is 25.1 Å². The lowest BCUT2D eigenvalue weighted by Crippen LogP contribution is -2.09. The molecule has 0 spiro atoms. The first-order valence-electron chi connectivity index (χ1n) is 6.16. The second-order valence-corrected chi connectivity index (χ2v) is 5.33. The summed E-state index contributed by atoms with van der Waals surface area (Å²) in [5, 5.41) is 7.19. The van der Waals surface area contributed by atoms with E-state index < -0.39 is 0 Å². The van der Waals surface area contributed by atoms with Gasteiger partial charge >= 0.3 is 0 Å². The molecule has 0 atom stereocenters. The molecule has 0 unspecified atom stereocenters. The number of nitrogens with zero attached hydrogens (tertiary/aromatic N) is 5. The van der Waals surface area contributed by atoms with Gasteiger partial charge in [-0.2, -0.15) is 20.1 Å². The molecule has 2 aromatic heterocycles. The van der Waals surface area contributed by atoms with Crippen LogP contribution in [0.3, 0.4) is 0 Å². The fourth-order valence-corrected chi connectivity index (χ4v) is 2.47. The van der Waals surface area contributed by atoms with E-state index in [1.54, 1.807) is 18.5 Å². The average Bonchev–Trinajstić information content (AvgIpc) is 2.90. The number of aromatic nitrogens is 5. The van der Waals surface area contributed by atoms with Crippen LogP contribution in [-0.4, -0.2) is 24.7 Å². The lowest BCUT2D eigenvalue weighted by atomic mass is 10.2. The fourth-order valence-electron chi connectivity index (χ4n) is 1.86. The number of nitrogens with two attached hydrogens (primary N) is 1. The summed E-state index contributed by atoms with van der Waals surface area (Å²) in [6.45, 7) is 2.01. The second kappa shape index (κ2) is 5.49. The van der Waals surface area contributed by atoms with Gasteiger partial charge in [-0.25, -0.2) is 4.68 Å². The van der Waals surface area contributed by atoms with Gasteiger partial charge in [-0.05, 0) is 36.8 Å². The molecule has 0 aliphatic heterocycles. The summed E-state index contributed by atoms with van der Waals surface area (Å²) < 4.78 is 2.49. The van der Waals surface area contributed by atoms with E-state index in [4.69, 9.17) is 5.73 Å².